The van der Waals surface area contributed by atoms with Crippen molar-refractivity contribution in [1.82, 2.24) is 4.90 Å². The Balaban J connectivity index is 2.10. The summed E-state index contributed by atoms with van der Waals surface area (Å²) in [6, 6.07) is 9.63. The van der Waals surface area contributed by atoms with Gasteiger partial charge in [-0.3, -0.25) is 4.90 Å². The highest BCUT2D eigenvalue weighted by atomic mass is 28.4. The third-order valence-corrected chi connectivity index (χ3v) is 9.99. The molecular formula is C22H37NO4Si. The van der Waals surface area contributed by atoms with Crippen molar-refractivity contribution in [2.24, 2.45) is 0 Å². The molecule has 1 heterocycles. The lowest BCUT2D eigenvalue weighted by Crippen LogP contribution is -2.45. The number of nitrogens with zero attached hydrogens (tertiary/aromatic N) is 1. The third-order valence-electron chi connectivity index (χ3n) is 5.46. The first-order chi connectivity index (χ1) is 12.8. The first-order valence-electron chi connectivity index (χ1n) is 10.1. The Morgan fingerprint density at radius 3 is 2.25 bits per heavy atom. The van der Waals surface area contributed by atoms with Gasteiger partial charge in [-0.2, -0.15) is 0 Å². The molecule has 0 unspecified atom stereocenters. The van der Waals surface area contributed by atoms with Gasteiger partial charge in [0.25, 0.3) is 0 Å². The summed E-state index contributed by atoms with van der Waals surface area (Å²) in [6.45, 7) is 17.8. The van der Waals surface area contributed by atoms with Crippen molar-refractivity contribution in [1.29, 1.82) is 0 Å². The quantitative estimate of drug-likeness (QED) is 0.608. The molecule has 1 saturated heterocycles. The van der Waals surface area contributed by atoms with Crippen LogP contribution < -0.4 is 4.74 Å². The van der Waals surface area contributed by atoms with Crippen LogP contribution in [0.1, 0.15) is 48.0 Å². The number of para-hydroxylation sites is 1. The minimum atomic E-state index is -1.92. The third kappa shape index (κ3) is 6.24. The molecule has 1 fully saturated rings. The van der Waals surface area contributed by atoms with Crippen molar-refractivity contribution < 1.29 is 18.7 Å². The Morgan fingerprint density at radius 1 is 1.11 bits per heavy atom. The zero-order valence-electron chi connectivity index (χ0n) is 18.7. The zero-order valence-corrected chi connectivity index (χ0v) is 19.7. The van der Waals surface area contributed by atoms with E-state index in [0.717, 1.165) is 12.2 Å². The van der Waals surface area contributed by atoms with E-state index in [9.17, 15) is 4.79 Å². The van der Waals surface area contributed by atoms with E-state index in [2.05, 4.69) is 33.9 Å². The molecule has 2 rings (SSSR count). The van der Waals surface area contributed by atoms with Gasteiger partial charge in [0.2, 0.25) is 0 Å². The first-order valence-corrected chi connectivity index (χ1v) is 13.0. The van der Waals surface area contributed by atoms with Crippen molar-refractivity contribution in [2.75, 3.05) is 13.2 Å². The molecule has 0 N–H and O–H groups in total. The van der Waals surface area contributed by atoms with Crippen molar-refractivity contribution in [3.8, 4) is 5.75 Å². The number of ether oxygens (including phenoxy) is 2. The molecule has 158 valence electrons. The van der Waals surface area contributed by atoms with Crippen molar-refractivity contribution in [3.63, 3.8) is 0 Å². The second-order valence-electron chi connectivity index (χ2n) is 10.1. The Hall–Kier alpha value is -1.53. The van der Waals surface area contributed by atoms with Gasteiger partial charge < -0.3 is 13.9 Å². The van der Waals surface area contributed by atoms with Crippen LogP contribution in [0.3, 0.4) is 0 Å². The largest absolute Gasteiger partial charge is 0.491 e. The average molecular weight is 408 g/mol. The van der Waals surface area contributed by atoms with E-state index < -0.39 is 13.9 Å². The molecule has 1 amide bonds. The lowest BCUT2D eigenvalue weighted by atomic mass is 10.2. The van der Waals surface area contributed by atoms with Crippen LogP contribution in [0.4, 0.5) is 4.79 Å². The van der Waals surface area contributed by atoms with E-state index in [1.54, 1.807) is 4.90 Å². The topological polar surface area (TPSA) is 48.0 Å². The van der Waals surface area contributed by atoms with Crippen LogP contribution >= 0.6 is 0 Å². The number of carbonyl (C=O) groups excluding carboxylic acids is 1. The highest BCUT2D eigenvalue weighted by Gasteiger charge is 2.44. The van der Waals surface area contributed by atoms with Crippen molar-refractivity contribution >= 4 is 14.4 Å². The molecule has 1 aliphatic heterocycles. The number of rotatable bonds is 5. The molecular weight excluding hydrogens is 370 g/mol. The molecule has 2 atom stereocenters. The van der Waals surface area contributed by atoms with E-state index in [1.807, 2.05) is 51.1 Å². The summed E-state index contributed by atoms with van der Waals surface area (Å²) in [5, 5.41) is 0.127. The molecule has 0 aliphatic carbocycles. The van der Waals surface area contributed by atoms with E-state index in [1.165, 1.54) is 0 Å². The van der Waals surface area contributed by atoms with Crippen molar-refractivity contribution in [3.05, 3.63) is 30.3 Å². The molecule has 0 aromatic heterocycles. The molecule has 0 spiro atoms. The molecule has 28 heavy (non-hydrogen) atoms. The SMILES string of the molecule is CC(C)(C)OC(=O)N1C[C@@H](O[Si](C)(C)C(C)(C)C)C[C@@H]1COc1ccccc1. The molecule has 0 saturated carbocycles. The van der Waals surface area contributed by atoms with E-state index in [0.29, 0.717) is 13.2 Å². The maximum absolute atomic E-state index is 12.8. The van der Waals surface area contributed by atoms with Crippen LogP contribution in [-0.4, -0.2) is 50.2 Å². The van der Waals surface area contributed by atoms with Gasteiger partial charge >= 0.3 is 6.09 Å². The highest BCUT2D eigenvalue weighted by Crippen LogP contribution is 2.39. The minimum Gasteiger partial charge on any atom is -0.491 e. The number of benzene rings is 1. The molecule has 0 bridgehead atoms. The maximum atomic E-state index is 12.8. The number of likely N-dealkylation sites (tertiary alicyclic amines) is 1. The van der Waals surface area contributed by atoms with Gasteiger partial charge in [-0.05, 0) is 57.5 Å². The van der Waals surface area contributed by atoms with Crippen LogP contribution in [0.2, 0.25) is 18.1 Å². The van der Waals surface area contributed by atoms with Crippen LogP contribution in [-0.2, 0) is 9.16 Å². The zero-order chi connectivity index (χ0) is 21.2. The normalized spacial score (nSPS) is 20.9. The minimum absolute atomic E-state index is 0.0118. The lowest BCUT2D eigenvalue weighted by molar-refractivity contribution is 0.0175. The average Bonchev–Trinajstić information content (AvgIpc) is 2.93. The summed E-state index contributed by atoms with van der Waals surface area (Å²) < 4.78 is 18.2. The van der Waals surface area contributed by atoms with Crippen LogP contribution in [0.15, 0.2) is 30.3 Å². The molecule has 0 radical (unpaired) electrons. The van der Waals surface area contributed by atoms with E-state index >= 15 is 0 Å². The van der Waals surface area contributed by atoms with Gasteiger partial charge in [0, 0.05) is 6.54 Å². The predicted octanol–water partition coefficient (Wildman–Crippen LogP) is 5.47. The molecule has 5 nitrogen and oxygen atoms in total. The summed E-state index contributed by atoms with van der Waals surface area (Å²) in [5.41, 5.74) is -0.527. The summed E-state index contributed by atoms with van der Waals surface area (Å²) >= 11 is 0. The Kier molecular flexibility index (Phi) is 6.87. The smallest absolute Gasteiger partial charge is 0.410 e. The molecule has 1 aliphatic rings. The van der Waals surface area contributed by atoms with Crippen molar-refractivity contribution in [2.45, 2.75) is 83.8 Å². The van der Waals surface area contributed by atoms with E-state index in [4.69, 9.17) is 13.9 Å². The summed E-state index contributed by atoms with van der Waals surface area (Å²) in [4.78, 5) is 14.6. The van der Waals surface area contributed by atoms with Gasteiger partial charge in [0.05, 0.1) is 12.1 Å². The summed E-state index contributed by atoms with van der Waals surface area (Å²) in [5.74, 6) is 0.806. The van der Waals surface area contributed by atoms with Crippen LogP contribution in [0.5, 0.6) is 5.75 Å². The maximum Gasteiger partial charge on any atom is 0.410 e. The number of carbonyl (C=O) groups is 1. The number of hydrogen-bond donors (Lipinski definition) is 0. The van der Waals surface area contributed by atoms with Crippen LogP contribution in [0.25, 0.3) is 0 Å². The van der Waals surface area contributed by atoms with Gasteiger partial charge in [0.15, 0.2) is 8.32 Å². The Labute approximate surface area is 171 Å². The fourth-order valence-corrected chi connectivity index (χ4v) is 4.32. The predicted molar refractivity (Wildman–Crippen MR) is 115 cm³/mol. The Bertz CT molecular complexity index is 649. The monoisotopic (exact) mass is 407 g/mol. The summed E-state index contributed by atoms with van der Waals surface area (Å²) in [6.07, 6.45) is 0.478. The molecule has 1 aromatic rings. The second kappa shape index (κ2) is 8.45. The van der Waals surface area contributed by atoms with Gasteiger partial charge in [-0.25, -0.2) is 4.79 Å². The van der Waals surface area contributed by atoms with Gasteiger partial charge in [-0.15, -0.1) is 0 Å². The molecule has 6 heteroatoms. The lowest BCUT2D eigenvalue weighted by Gasteiger charge is -2.38. The molecule has 1 aromatic carbocycles. The van der Waals surface area contributed by atoms with Gasteiger partial charge in [0.1, 0.15) is 18.0 Å². The first kappa shape index (κ1) is 22.8. The number of hydrogen-bond acceptors (Lipinski definition) is 4. The fraction of sp³-hybridized carbons (Fsp3) is 0.682. The van der Waals surface area contributed by atoms with Gasteiger partial charge in [-0.1, -0.05) is 39.0 Å². The highest BCUT2D eigenvalue weighted by molar-refractivity contribution is 6.74. The second-order valence-corrected chi connectivity index (χ2v) is 14.9. The number of amides is 1. The van der Waals surface area contributed by atoms with E-state index in [-0.39, 0.29) is 23.3 Å². The Morgan fingerprint density at radius 2 is 1.71 bits per heavy atom. The standard InChI is InChI=1S/C22H37NO4Si/c1-21(2,3)26-20(24)23-15-19(27-28(7,8)22(4,5)6)14-17(23)16-25-18-12-10-9-11-13-18/h9-13,17,19H,14-16H2,1-8H3/t17-,19+/m1/s1. The fourth-order valence-electron chi connectivity index (χ4n) is 2.96. The van der Waals surface area contributed by atoms with Crippen LogP contribution in [0, 0.1) is 0 Å². The summed E-state index contributed by atoms with van der Waals surface area (Å²) in [7, 11) is -1.92.